The van der Waals surface area contributed by atoms with Gasteiger partial charge in [-0.3, -0.25) is 0 Å². The van der Waals surface area contributed by atoms with Crippen LogP contribution in [0.3, 0.4) is 0 Å². The second kappa shape index (κ2) is 9.95. The van der Waals surface area contributed by atoms with Crippen molar-refractivity contribution in [3.63, 3.8) is 0 Å². The van der Waals surface area contributed by atoms with E-state index in [0.717, 1.165) is 0 Å². The molecular weight excluding hydrogens is 250 g/mol. The molecule has 0 saturated carbocycles. The third-order valence-electron chi connectivity index (χ3n) is 1.82. The van der Waals surface area contributed by atoms with Gasteiger partial charge in [-0.15, -0.1) is 13.2 Å². The van der Waals surface area contributed by atoms with Crippen molar-refractivity contribution in [2.75, 3.05) is 13.1 Å². The van der Waals surface area contributed by atoms with Gasteiger partial charge in [0.05, 0.1) is 0 Å². The third kappa shape index (κ3) is 9.66. The Morgan fingerprint density at radius 1 is 1.00 bits per heavy atom. The lowest BCUT2D eigenvalue weighted by molar-refractivity contribution is 0.0276. The Labute approximate surface area is 113 Å². The molecule has 0 rings (SSSR count). The molecule has 0 saturated heterocycles. The first-order valence-corrected chi connectivity index (χ1v) is 5.86. The predicted molar refractivity (Wildman–Crippen MR) is 71.4 cm³/mol. The minimum atomic E-state index is -0.605. The van der Waals surface area contributed by atoms with Crippen LogP contribution in [-0.2, 0) is 9.47 Å². The molecule has 0 heterocycles. The highest BCUT2D eigenvalue weighted by Crippen LogP contribution is 1.93. The van der Waals surface area contributed by atoms with Crippen molar-refractivity contribution in [1.29, 1.82) is 0 Å². The normalized spacial score (nSPS) is 12.7. The summed E-state index contributed by atoms with van der Waals surface area (Å²) in [6.07, 6.45) is 0.704. The largest absolute Gasteiger partial charge is 0.431 e. The highest BCUT2D eigenvalue weighted by atomic mass is 16.6. The first kappa shape index (κ1) is 17.0. The maximum absolute atomic E-state index is 11.2. The summed E-state index contributed by atoms with van der Waals surface area (Å²) in [6.45, 7) is 10.8. The van der Waals surface area contributed by atoms with E-state index in [2.05, 4.69) is 29.1 Å². The molecule has 2 atom stereocenters. The van der Waals surface area contributed by atoms with Gasteiger partial charge in [-0.25, -0.2) is 14.9 Å². The Hall–Kier alpha value is -2.02. The zero-order chi connectivity index (χ0) is 14.7. The van der Waals surface area contributed by atoms with Gasteiger partial charge in [-0.05, 0) is 13.8 Å². The molecule has 2 unspecified atom stereocenters. The number of carbonyl (C=O) groups is 2. The molecule has 108 valence electrons. The van der Waals surface area contributed by atoms with Gasteiger partial charge in [-0.2, -0.15) is 0 Å². The maximum atomic E-state index is 11.2. The van der Waals surface area contributed by atoms with Crippen LogP contribution in [-0.4, -0.2) is 37.7 Å². The van der Waals surface area contributed by atoms with Crippen LogP contribution in [0.4, 0.5) is 9.59 Å². The molecule has 0 aromatic heterocycles. The molecule has 7 heteroatoms. The second-order valence-corrected chi connectivity index (χ2v) is 3.60. The van der Waals surface area contributed by atoms with E-state index in [4.69, 9.17) is 9.47 Å². The average Bonchev–Trinajstić information content (AvgIpc) is 2.33. The van der Waals surface area contributed by atoms with Gasteiger partial charge in [0.15, 0.2) is 12.5 Å². The van der Waals surface area contributed by atoms with E-state index in [-0.39, 0.29) is 0 Å². The van der Waals surface area contributed by atoms with Crippen LogP contribution in [0.5, 0.6) is 0 Å². The van der Waals surface area contributed by atoms with Crippen LogP contribution in [0, 0.1) is 0 Å². The summed E-state index contributed by atoms with van der Waals surface area (Å²) >= 11 is 0. The van der Waals surface area contributed by atoms with Gasteiger partial charge in [0.2, 0.25) is 0 Å². The van der Waals surface area contributed by atoms with E-state index >= 15 is 0 Å². The number of ether oxygens (including phenoxy) is 2. The summed E-state index contributed by atoms with van der Waals surface area (Å²) in [4.78, 5) is 22.4. The van der Waals surface area contributed by atoms with Crippen LogP contribution >= 0.6 is 0 Å². The Bertz CT molecular complexity index is 290. The first-order valence-electron chi connectivity index (χ1n) is 5.86. The maximum Gasteiger partial charge on any atom is 0.408 e. The molecule has 0 spiro atoms. The fraction of sp³-hybridized carbons (Fsp3) is 0.500. The molecular formula is C12H21N3O4. The van der Waals surface area contributed by atoms with Gasteiger partial charge in [0, 0.05) is 13.1 Å². The minimum absolute atomic E-state index is 0.321. The van der Waals surface area contributed by atoms with Crippen LogP contribution in [0.1, 0.15) is 13.8 Å². The molecule has 19 heavy (non-hydrogen) atoms. The third-order valence-corrected chi connectivity index (χ3v) is 1.82. The van der Waals surface area contributed by atoms with Crippen molar-refractivity contribution in [3.05, 3.63) is 25.3 Å². The molecule has 0 fully saturated rings. The number of alkyl carbamates (subject to hydrolysis) is 2. The average molecular weight is 271 g/mol. The molecule has 0 aliphatic carbocycles. The van der Waals surface area contributed by atoms with Gasteiger partial charge in [0.25, 0.3) is 0 Å². The topological polar surface area (TPSA) is 88.7 Å². The summed E-state index contributed by atoms with van der Waals surface area (Å²) < 4.78 is 9.90. The SMILES string of the molecule is C=CCNC(=O)OC(C)NC(C)OC(=O)NCC=C. The number of nitrogens with one attached hydrogen (secondary N) is 3. The molecule has 3 N–H and O–H groups in total. The standard InChI is InChI=1S/C12H21N3O4/c1-5-7-13-11(16)18-9(3)15-10(4)19-12(17)14-8-6-2/h5-6,9-10,15H,1-2,7-8H2,3-4H3,(H,13,16)(H,14,17). The summed E-state index contributed by atoms with van der Waals surface area (Å²) in [5, 5.41) is 7.69. The van der Waals surface area contributed by atoms with Crippen LogP contribution in [0.15, 0.2) is 25.3 Å². The van der Waals surface area contributed by atoms with Crippen LogP contribution < -0.4 is 16.0 Å². The highest BCUT2D eigenvalue weighted by molar-refractivity contribution is 5.68. The molecule has 0 aliphatic heterocycles. The molecule has 0 radical (unpaired) electrons. The lowest BCUT2D eigenvalue weighted by atomic mass is 10.5. The lowest BCUT2D eigenvalue weighted by Crippen LogP contribution is -2.43. The lowest BCUT2D eigenvalue weighted by Gasteiger charge is -2.20. The van der Waals surface area contributed by atoms with E-state index in [1.807, 2.05) is 0 Å². The fourth-order valence-corrected chi connectivity index (χ4v) is 1.11. The van der Waals surface area contributed by atoms with Crippen LogP contribution in [0.2, 0.25) is 0 Å². The summed E-state index contributed by atoms with van der Waals surface area (Å²) in [5.41, 5.74) is 0. The first-order chi connectivity index (χ1) is 8.99. The van der Waals surface area contributed by atoms with Gasteiger partial charge in [0.1, 0.15) is 0 Å². The molecule has 0 aromatic carbocycles. The van der Waals surface area contributed by atoms with Crippen molar-refractivity contribution in [2.45, 2.75) is 26.3 Å². The number of amides is 2. The van der Waals surface area contributed by atoms with Gasteiger partial charge >= 0.3 is 12.2 Å². The number of carbonyl (C=O) groups excluding carboxylic acids is 2. The van der Waals surface area contributed by atoms with E-state index in [9.17, 15) is 9.59 Å². The Kier molecular flexibility index (Phi) is 8.90. The zero-order valence-corrected chi connectivity index (χ0v) is 11.3. The van der Waals surface area contributed by atoms with Gasteiger partial charge < -0.3 is 20.1 Å². The number of hydrogen-bond donors (Lipinski definition) is 3. The van der Waals surface area contributed by atoms with Gasteiger partial charge in [-0.1, -0.05) is 12.2 Å². The molecule has 0 bridgehead atoms. The van der Waals surface area contributed by atoms with Crippen molar-refractivity contribution in [3.8, 4) is 0 Å². The highest BCUT2D eigenvalue weighted by Gasteiger charge is 2.14. The van der Waals surface area contributed by atoms with E-state index in [0.29, 0.717) is 13.1 Å². The molecule has 0 aromatic rings. The van der Waals surface area contributed by atoms with Crippen molar-refractivity contribution < 1.29 is 19.1 Å². The fourth-order valence-electron chi connectivity index (χ4n) is 1.11. The van der Waals surface area contributed by atoms with Crippen molar-refractivity contribution >= 4 is 12.2 Å². The van der Waals surface area contributed by atoms with Crippen molar-refractivity contribution in [2.24, 2.45) is 0 Å². The summed E-state index contributed by atoms with van der Waals surface area (Å²) in [7, 11) is 0. The Morgan fingerprint density at radius 2 is 1.37 bits per heavy atom. The monoisotopic (exact) mass is 271 g/mol. The Morgan fingerprint density at radius 3 is 1.68 bits per heavy atom. The van der Waals surface area contributed by atoms with Crippen LogP contribution in [0.25, 0.3) is 0 Å². The smallest absolute Gasteiger partial charge is 0.408 e. The number of hydrogen-bond acceptors (Lipinski definition) is 5. The summed E-state index contributed by atoms with van der Waals surface area (Å²) in [5.74, 6) is 0. The van der Waals surface area contributed by atoms with E-state index in [1.54, 1.807) is 13.8 Å². The second-order valence-electron chi connectivity index (χ2n) is 3.60. The van der Waals surface area contributed by atoms with E-state index in [1.165, 1.54) is 12.2 Å². The van der Waals surface area contributed by atoms with E-state index < -0.39 is 24.6 Å². The molecule has 2 amide bonds. The zero-order valence-electron chi connectivity index (χ0n) is 11.3. The molecule has 7 nitrogen and oxygen atoms in total. The number of rotatable bonds is 8. The minimum Gasteiger partial charge on any atom is -0.431 e. The molecule has 0 aliphatic rings. The summed E-state index contributed by atoms with van der Waals surface area (Å²) in [6, 6.07) is 0. The Balaban J connectivity index is 3.87. The van der Waals surface area contributed by atoms with Crippen molar-refractivity contribution in [1.82, 2.24) is 16.0 Å². The quantitative estimate of drug-likeness (QED) is 0.454. The predicted octanol–water partition coefficient (Wildman–Crippen LogP) is 1.09.